The van der Waals surface area contributed by atoms with Crippen LogP contribution in [0.5, 0.6) is 0 Å². The van der Waals surface area contributed by atoms with E-state index < -0.39 is 218 Å². The molecular formula is C62H84N20O30P6S6. The van der Waals surface area contributed by atoms with Gasteiger partial charge in [-0.1, -0.05) is 6.92 Å². The molecule has 16 N–H and O–H groups in total. The van der Waals surface area contributed by atoms with Gasteiger partial charge in [0, 0.05) is 92.7 Å². The van der Waals surface area contributed by atoms with E-state index in [0.29, 0.717) is 28.7 Å². The van der Waals surface area contributed by atoms with Crippen molar-refractivity contribution in [3.8, 4) is 0 Å². The summed E-state index contributed by atoms with van der Waals surface area (Å²) in [6.07, 6.45) is -12.0. The van der Waals surface area contributed by atoms with Crippen LogP contribution in [0.3, 0.4) is 0 Å². The predicted octanol–water partition coefficient (Wildman–Crippen LogP) is 1.32. The molecule has 6 aliphatic heterocycles. The molecule has 0 aliphatic carbocycles. The SMILES string of the molecule is CC[C@H]1O[C@@H](n2cnc3c(N)ncnc32)C[C@H]1OP(O)(=S)OC[C@H]1O[C@@H](n2cc(C)c(=O)[nH]c2=O)C[C@H]1OP(O)(=S)OC[C@H]1O[C@@H](n2cc(C)c(=O)[nH]c2=O)C[C@H]1OP(O)(=S)OC[C@H]1O[C@@H](n2cc(C)c(N)nc2=O)C[C@H]1OP(O)(=S)OC[C@H]1O[C@@H](n2cnc3c(N)ncnc32)C[C@H]1OP(O)(=S)OC[C@H]1O[C@@H](n2cc(C)c(N)nc2=O)C[C@H]1OP(O)(=S)OC. The van der Waals surface area contributed by atoms with Crippen LogP contribution < -0.4 is 56.8 Å². The molecule has 0 aromatic carbocycles. The summed E-state index contributed by atoms with van der Waals surface area (Å²) in [5, 5.41) is 0. The Bertz CT molecular complexity index is 6060. The lowest BCUT2D eigenvalue weighted by molar-refractivity contribution is -0.0573. The largest absolute Gasteiger partial charge is 0.383 e. The second-order valence-electron chi connectivity index (χ2n) is 29.1. The minimum Gasteiger partial charge on any atom is -0.383 e. The summed E-state index contributed by atoms with van der Waals surface area (Å²) in [5.74, 6) is 0.0455. The molecule has 0 spiro atoms. The van der Waals surface area contributed by atoms with E-state index in [1.807, 2.05) is 6.92 Å². The Labute approximate surface area is 729 Å². The molecule has 24 atom stereocenters. The predicted molar refractivity (Wildman–Crippen MR) is 453 cm³/mol. The number of aryl methyl sites for hydroxylation is 4. The maximum absolute atomic E-state index is 13.6. The van der Waals surface area contributed by atoms with Gasteiger partial charge < -0.3 is 135 Å². The van der Waals surface area contributed by atoms with Gasteiger partial charge in [0.15, 0.2) is 22.9 Å². The molecule has 0 amide bonds. The number of H-pyrrole nitrogens is 2. The fourth-order valence-corrected chi connectivity index (χ4v) is 22.8. The zero-order valence-electron chi connectivity index (χ0n) is 65.7. The van der Waals surface area contributed by atoms with Gasteiger partial charge in [-0.25, -0.2) is 49.1 Å². The first-order valence-corrected chi connectivity index (χ1v) is 52.9. The van der Waals surface area contributed by atoms with Crippen molar-refractivity contribution in [1.82, 2.24) is 77.2 Å². The first-order valence-electron chi connectivity index (χ1n) is 37.4. The lowest BCUT2D eigenvalue weighted by atomic mass is 10.1. The zero-order valence-corrected chi connectivity index (χ0v) is 75.9. The maximum atomic E-state index is 13.6. The fourth-order valence-electron chi connectivity index (χ4n) is 14.4. The van der Waals surface area contributed by atoms with E-state index in [4.69, 9.17) is 176 Å². The summed E-state index contributed by atoms with van der Waals surface area (Å²) in [4.78, 5) is 187. The summed E-state index contributed by atoms with van der Waals surface area (Å²) in [6, 6.07) is 0. The topological polar surface area (TPSA) is 658 Å². The fraction of sp³-hybridized carbons (Fsp3) is 0.581. The Morgan fingerprint density at radius 2 is 0.653 bits per heavy atom. The molecule has 8 aromatic rings. The molecule has 6 unspecified atom stereocenters. The van der Waals surface area contributed by atoms with Crippen LogP contribution in [0.15, 0.2) is 78.9 Å². The number of fused-ring (bicyclic) bond motifs is 2. The van der Waals surface area contributed by atoms with E-state index >= 15 is 0 Å². The van der Waals surface area contributed by atoms with Crippen molar-refractivity contribution in [3.63, 3.8) is 0 Å². The highest BCUT2D eigenvalue weighted by Crippen LogP contribution is 2.58. The summed E-state index contributed by atoms with van der Waals surface area (Å²) in [7, 11) is 1.13. The maximum Gasteiger partial charge on any atom is 0.351 e. The van der Waals surface area contributed by atoms with Gasteiger partial charge in [-0.3, -0.25) is 47.0 Å². The van der Waals surface area contributed by atoms with Crippen LogP contribution in [0.1, 0.15) is 111 Å². The van der Waals surface area contributed by atoms with Gasteiger partial charge >= 0.3 is 63.1 Å². The minimum atomic E-state index is -4.70. The molecule has 14 rings (SSSR count). The van der Waals surface area contributed by atoms with Gasteiger partial charge in [-0.05, 0) is 105 Å². The Kier molecular flexibility index (Phi) is 29.0. The number of nitrogens with one attached hydrogen (secondary N) is 2. The Balaban J connectivity index is 0.666. The number of nitrogens with zero attached hydrogens (tertiary/aromatic N) is 14. The third-order valence-corrected chi connectivity index (χ3v) is 30.3. The number of nitrogen functional groups attached to an aromatic ring is 4. The average Bonchev–Trinajstić information content (AvgIpc) is 1.64. The summed E-state index contributed by atoms with van der Waals surface area (Å²) in [6.45, 7) is -22.2. The van der Waals surface area contributed by atoms with E-state index in [2.05, 4.69) is 49.8 Å². The first-order chi connectivity index (χ1) is 58.4. The number of anilines is 4. The normalized spacial score (nSPS) is 29.6. The quantitative estimate of drug-likeness (QED) is 0.0249. The molecule has 6 saturated heterocycles. The van der Waals surface area contributed by atoms with Gasteiger partial charge in [-0.15, -0.1) is 0 Å². The molecule has 6 fully saturated rings. The van der Waals surface area contributed by atoms with Crippen LogP contribution in [0, 0.1) is 27.7 Å². The molecule has 62 heteroatoms. The van der Waals surface area contributed by atoms with E-state index in [-0.39, 0.29) is 84.1 Å². The average molecular weight is 1970 g/mol. The monoisotopic (exact) mass is 1970 g/mol. The van der Waals surface area contributed by atoms with Crippen molar-refractivity contribution in [2.45, 2.75) is 190 Å². The molecule has 0 bridgehead atoms. The third kappa shape index (κ3) is 22.0. The number of aromatic nitrogens is 16. The van der Waals surface area contributed by atoms with Gasteiger partial charge in [-0.2, -0.15) is 9.97 Å². The number of ether oxygens (including phenoxy) is 6. The smallest absolute Gasteiger partial charge is 0.351 e. The number of hydrogen-bond acceptors (Lipinski definition) is 42. The van der Waals surface area contributed by atoms with E-state index in [9.17, 15) is 58.1 Å². The van der Waals surface area contributed by atoms with Crippen LogP contribution >= 0.6 is 40.3 Å². The van der Waals surface area contributed by atoms with Crippen LogP contribution in [0.4, 0.5) is 23.3 Å². The zero-order chi connectivity index (χ0) is 89.2. The van der Waals surface area contributed by atoms with Gasteiger partial charge in [0.1, 0.15) is 103 Å². The molecule has 6 aliphatic rings. The van der Waals surface area contributed by atoms with Gasteiger partial charge in [0.2, 0.25) is 0 Å². The number of nitrogens with two attached hydrogens (primary N) is 4. The van der Waals surface area contributed by atoms with Crippen LogP contribution in [-0.2, 0) is 154 Å². The number of hydrogen-bond donors (Lipinski definition) is 12. The molecule has 0 saturated carbocycles. The highest BCUT2D eigenvalue weighted by Gasteiger charge is 2.50. The van der Waals surface area contributed by atoms with Gasteiger partial charge in [0.05, 0.1) is 88.4 Å². The van der Waals surface area contributed by atoms with Gasteiger partial charge in [0.25, 0.3) is 11.1 Å². The van der Waals surface area contributed by atoms with Crippen molar-refractivity contribution in [2.75, 3.05) is 63.1 Å². The Morgan fingerprint density at radius 3 is 0.952 bits per heavy atom. The first kappa shape index (κ1) is 94.5. The molecule has 0 radical (unpaired) electrons. The summed E-state index contributed by atoms with van der Waals surface area (Å²) < 4.78 is 117. The third-order valence-electron chi connectivity index (χ3n) is 20.6. The standard InChI is InChI=1S/C62H84N20O30P6S6/c1-7-31-32(8-47(101-31)81-25-71-49-53(65)67-23-69-55(49)81)108-114(90,120)96-19-40-35(11-45(104-40)79-16-29(4)57(83)75-61(79)87)110-116(92,122)99-21-41-36(12-46(105-41)80-17-30(5)58(84)76-62(80)88)111-115(91,121)98-20-39-34(10-44(103-39)78-15-28(3)52(64)74-60(78)86)109-117(93,123)100-22-42-37(13-48(106-42)82-26-72-50-54(66)68-24-70-56(50)82)112-118(94,124)97-18-38-33(107-113(89,119)95-6)9-43(102-38)77-14-27(2)51(63)73-59(77)85/h14-17,23-26,31-48H,7-13,18-22H2,1-6H3,(H,89,119)(H,90,120)(H,91,121)(H,92,122)(H,93,123)(H,94,124)(H2,63,73,85)(H2,64,74,86)(H2,65,67,69)(H2,66,68,70)(H,75,83,87)(H,76,84,88)/t31-,32-,33-,34-,35-,36-,37-,38-,39-,40-,41-,42-,43-,44-,45-,46-,47-,48-,113?,114?,115?,116?,117?,118?/m1/s1. The molecular weight excluding hydrogens is 1880 g/mol. The lowest BCUT2D eigenvalue weighted by Gasteiger charge is -2.28. The number of imidazole rings is 2. The Morgan fingerprint density at radius 1 is 0.387 bits per heavy atom. The second kappa shape index (κ2) is 38.0. The van der Waals surface area contributed by atoms with E-state index in [1.54, 1.807) is 18.4 Å². The van der Waals surface area contributed by atoms with Crippen molar-refractivity contribution in [3.05, 3.63) is 135 Å². The van der Waals surface area contributed by atoms with Crippen molar-refractivity contribution in [1.29, 1.82) is 0 Å². The van der Waals surface area contributed by atoms with E-state index in [1.165, 1.54) is 68.5 Å². The molecule has 124 heavy (non-hydrogen) atoms. The highest BCUT2D eigenvalue weighted by atomic mass is 32.5. The second-order valence-corrected chi connectivity index (χ2v) is 45.9. The van der Waals surface area contributed by atoms with Crippen LogP contribution in [0.25, 0.3) is 22.3 Å². The van der Waals surface area contributed by atoms with Crippen molar-refractivity contribution < 1.29 is 112 Å². The number of aromatic amines is 2. The number of rotatable bonds is 35. The van der Waals surface area contributed by atoms with Crippen molar-refractivity contribution in [2.24, 2.45) is 0 Å². The van der Waals surface area contributed by atoms with Crippen LogP contribution in [0.2, 0.25) is 0 Å². The Hall–Kier alpha value is -5.64. The van der Waals surface area contributed by atoms with E-state index in [0.717, 1.165) is 25.4 Å². The lowest BCUT2D eigenvalue weighted by Crippen LogP contribution is -2.33. The molecule has 8 aromatic heterocycles. The van der Waals surface area contributed by atoms with Crippen molar-refractivity contribution >= 4 is 157 Å². The highest BCUT2D eigenvalue weighted by molar-refractivity contribution is 8.08. The minimum absolute atomic E-state index is 0.0222. The van der Waals surface area contributed by atoms with Crippen LogP contribution in [-0.4, -0.2) is 220 Å². The summed E-state index contributed by atoms with van der Waals surface area (Å²) >= 11 is 33.2. The molecule has 678 valence electrons. The molecule has 14 heterocycles. The molecule has 50 nitrogen and oxygen atoms in total. The summed E-state index contributed by atoms with van der Waals surface area (Å²) in [5.41, 5.74) is 21.2.